The number of amides is 1. The standard InChI is InChI=1S/C25H26N2O5S/c1-16-13-14-18(3)23(15-16)33(30,31)27-22-12-8-6-10-20(22)25(29)32-19(4)24(28)26-21-11-7-5-9-17(21)2/h5-15,19,27H,1-4H3,(H,26,28). The minimum absolute atomic E-state index is 0.00178. The van der Waals surface area contributed by atoms with Gasteiger partial charge in [-0.3, -0.25) is 9.52 Å². The molecule has 3 rings (SSSR count). The summed E-state index contributed by atoms with van der Waals surface area (Å²) in [7, 11) is -3.95. The number of anilines is 2. The molecule has 0 heterocycles. The molecule has 0 aliphatic carbocycles. The molecule has 33 heavy (non-hydrogen) atoms. The first-order valence-electron chi connectivity index (χ1n) is 10.3. The lowest BCUT2D eigenvalue weighted by molar-refractivity contribution is -0.123. The number of nitrogens with one attached hydrogen (secondary N) is 2. The summed E-state index contributed by atoms with van der Waals surface area (Å²) in [5.74, 6) is -1.31. The highest BCUT2D eigenvalue weighted by molar-refractivity contribution is 7.92. The van der Waals surface area contributed by atoms with Gasteiger partial charge < -0.3 is 10.1 Å². The highest BCUT2D eigenvalue weighted by atomic mass is 32.2. The molecule has 0 aromatic heterocycles. The van der Waals surface area contributed by atoms with Gasteiger partial charge in [-0.25, -0.2) is 13.2 Å². The Morgan fingerprint density at radius 3 is 2.18 bits per heavy atom. The van der Waals surface area contributed by atoms with Crippen LogP contribution in [0.5, 0.6) is 0 Å². The van der Waals surface area contributed by atoms with E-state index < -0.39 is 28.0 Å². The van der Waals surface area contributed by atoms with Gasteiger partial charge in [-0.1, -0.05) is 42.5 Å². The Morgan fingerprint density at radius 2 is 1.48 bits per heavy atom. The summed E-state index contributed by atoms with van der Waals surface area (Å²) < 4.78 is 33.8. The Labute approximate surface area is 193 Å². The second-order valence-corrected chi connectivity index (χ2v) is 9.42. The summed E-state index contributed by atoms with van der Waals surface area (Å²) >= 11 is 0. The molecule has 0 bridgehead atoms. The van der Waals surface area contributed by atoms with E-state index in [-0.39, 0.29) is 16.1 Å². The van der Waals surface area contributed by atoms with E-state index in [4.69, 9.17) is 4.74 Å². The third-order valence-electron chi connectivity index (χ3n) is 5.08. The molecule has 3 aromatic carbocycles. The molecule has 0 saturated heterocycles. The van der Waals surface area contributed by atoms with Crippen molar-refractivity contribution in [3.63, 3.8) is 0 Å². The zero-order valence-corrected chi connectivity index (χ0v) is 19.7. The molecule has 3 aromatic rings. The highest BCUT2D eigenvalue weighted by Crippen LogP contribution is 2.24. The first-order chi connectivity index (χ1) is 15.6. The molecule has 0 spiro atoms. The third-order valence-corrected chi connectivity index (χ3v) is 6.59. The molecule has 8 heteroatoms. The fourth-order valence-corrected chi connectivity index (χ4v) is 4.58. The van der Waals surface area contributed by atoms with Crippen LogP contribution in [0.4, 0.5) is 11.4 Å². The monoisotopic (exact) mass is 466 g/mol. The number of esters is 1. The van der Waals surface area contributed by atoms with Crippen molar-refractivity contribution < 1.29 is 22.7 Å². The van der Waals surface area contributed by atoms with E-state index in [1.165, 1.54) is 19.1 Å². The molecular weight excluding hydrogens is 440 g/mol. The van der Waals surface area contributed by atoms with Crippen molar-refractivity contribution in [3.8, 4) is 0 Å². The summed E-state index contributed by atoms with van der Waals surface area (Å²) in [6, 6.07) is 18.5. The predicted molar refractivity (Wildman–Crippen MR) is 128 cm³/mol. The normalized spacial score (nSPS) is 12.0. The Hall–Kier alpha value is -3.65. The van der Waals surface area contributed by atoms with Gasteiger partial charge in [-0.2, -0.15) is 0 Å². The van der Waals surface area contributed by atoms with Gasteiger partial charge in [-0.05, 0) is 68.7 Å². The number of carbonyl (C=O) groups is 2. The van der Waals surface area contributed by atoms with Gasteiger partial charge in [0, 0.05) is 5.69 Å². The molecule has 1 atom stereocenters. The first-order valence-corrected chi connectivity index (χ1v) is 11.8. The van der Waals surface area contributed by atoms with E-state index in [0.717, 1.165) is 11.1 Å². The van der Waals surface area contributed by atoms with E-state index in [9.17, 15) is 18.0 Å². The minimum Gasteiger partial charge on any atom is -0.449 e. The second-order valence-electron chi connectivity index (χ2n) is 7.77. The van der Waals surface area contributed by atoms with Gasteiger partial charge >= 0.3 is 5.97 Å². The number of rotatable bonds is 7. The summed E-state index contributed by atoms with van der Waals surface area (Å²) in [6.07, 6.45) is -1.10. The average Bonchev–Trinajstić information content (AvgIpc) is 2.76. The van der Waals surface area contributed by atoms with Gasteiger partial charge in [0.1, 0.15) is 0 Å². The number of benzene rings is 3. The minimum atomic E-state index is -3.95. The largest absolute Gasteiger partial charge is 0.449 e. The fraction of sp³-hybridized carbons (Fsp3) is 0.200. The Bertz CT molecular complexity index is 1300. The summed E-state index contributed by atoms with van der Waals surface area (Å²) in [6.45, 7) is 6.80. The van der Waals surface area contributed by atoms with Crippen LogP contribution in [-0.4, -0.2) is 26.4 Å². The van der Waals surface area contributed by atoms with Crippen molar-refractivity contribution in [1.82, 2.24) is 0 Å². The maximum Gasteiger partial charge on any atom is 0.341 e. The van der Waals surface area contributed by atoms with Crippen LogP contribution in [0, 0.1) is 20.8 Å². The molecule has 2 N–H and O–H groups in total. The molecule has 0 aliphatic rings. The van der Waals surface area contributed by atoms with Crippen LogP contribution in [0.2, 0.25) is 0 Å². The van der Waals surface area contributed by atoms with E-state index in [1.54, 1.807) is 50.2 Å². The quantitative estimate of drug-likeness (QED) is 0.496. The van der Waals surface area contributed by atoms with Crippen LogP contribution in [0.25, 0.3) is 0 Å². The van der Waals surface area contributed by atoms with Gasteiger partial charge in [0.15, 0.2) is 6.10 Å². The van der Waals surface area contributed by atoms with Crippen LogP contribution >= 0.6 is 0 Å². The number of hydrogen-bond acceptors (Lipinski definition) is 5. The van der Waals surface area contributed by atoms with Crippen molar-refractivity contribution in [2.24, 2.45) is 0 Å². The number of aryl methyl sites for hydroxylation is 3. The summed E-state index contributed by atoms with van der Waals surface area (Å²) in [4.78, 5) is 25.4. The topological polar surface area (TPSA) is 102 Å². The van der Waals surface area contributed by atoms with Gasteiger partial charge in [0.25, 0.3) is 15.9 Å². The molecule has 0 aliphatic heterocycles. The van der Waals surface area contributed by atoms with Gasteiger partial charge in [0.05, 0.1) is 16.1 Å². The number of ether oxygens (including phenoxy) is 1. The molecule has 1 amide bonds. The number of carbonyl (C=O) groups excluding carboxylic acids is 2. The molecule has 0 fully saturated rings. The second kappa shape index (κ2) is 9.87. The van der Waals surface area contributed by atoms with Crippen molar-refractivity contribution in [2.45, 2.75) is 38.7 Å². The number of sulfonamides is 1. The van der Waals surface area contributed by atoms with E-state index in [1.807, 2.05) is 25.1 Å². The van der Waals surface area contributed by atoms with Crippen LogP contribution in [0.1, 0.15) is 34.0 Å². The fourth-order valence-electron chi connectivity index (χ4n) is 3.17. The third kappa shape index (κ3) is 5.78. The lowest BCUT2D eigenvalue weighted by Gasteiger charge is -2.17. The molecule has 7 nitrogen and oxygen atoms in total. The zero-order chi connectivity index (χ0) is 24.2. The van der Waals surface area contributed by atoms with Crippen molar-refractivity contribution in [3.05, 3.63) is 89.0 Å². The average molecular weight is 467 g/mol. The van der Waals surface area contributed by atoms with Crippen LogP contribution in [0.3, 0.4) is 0 Å². The van der Waals surface area contributed by atoms with E-state index in [2.05, 4.69) is 10.0 Å². The van der Waals surface area contributed by atoms with Crippen molar-refractivity contribution >= 4 is 33.3 Å². The molecular formula is C25H26N2O5S. The number of hydrogen-bond donors (Lipinski definition) is 2. The van der Waals surface area contributed by atoms with E-state index >= 15 is 0 Å². The molecule has 0 radical (unpaired) electrons. The lowest BCUT2D eigenvalue weighted by Crippen LogP contribution is -2.30. The molecule has 1 unspecified atom stereocenters. The maximum absolute atomic E-state index is 13.0. The Kier molecular flexibility index (Phi) is 7.18. The smallest absolute Gasteiger partial charge is 0.341 e. The summed E-state index contributed by atoms with van der Waals surface area (Å²) in [5, 5.41) is 2.72. The zero-order valence-electron chi connectivity index (χ0n) is 18.9. The molecule has 0 saturated carbocycles. The molecule has 172 valence electrons. The SMILES string of the molecule is Cc1ccc(C)c(S(=O)(=O)Nc2ccccc2C(=O)OC(C)C(=O)Nc2ccccc2C)c1. The predicted octanol–water partition coefficient (Wildman–Crippen LogP) is 4.60. The maximum atomic E-state index is 13.0. The van der Waals surface area contributed by atoms with E-state index in [0.29, 0.717) is 11.3 Å². The van der Waals surface area contributed by atoms with Crippen molar-refractivity contribution in [2.75, 3.05) is 10.0 Å². The van der Waals surface area contributed by atoms with Crippen LogP contribution in [0.15, 0.2) is 71.6 Å². The van der Waals surface area contributed by atoms with Gasteiger partial charge in [-0.15, -0.1) is 0 Å². The Balaban J connectivity index is 1.78. The lowest BCUT2D eigenvalue weighted by atomic mass is 10.2. The highest BCUT2D eigenvalue weighted by Gasteiger charge is 2.24. The summed E-state index contributed by atoms with van der Waals surface area (Å²) in [5.41, 5.74) is 2.93. The van der Waals surface area contributed by atoms with Crippen molar-refractivity contribution in [1.29, 1.82) is 0 Å². The van der Waals surface area contributed by atoms with Gasteiger partial charge in [0.2, 0.25) is 0 Å². The number of para-hydroxylation sites is 2. The first kappa shape index (κ1) is 24.0. The van der Waals surface area contributed by atoms with Crippen LogP contribution < -0.4 is 10.0 Å². The van der Waals surface area contributed by atoms with Crippen LogP contribution in [-0.2, 0) is 19.6 Å². The Morgan fingerprint density at radius 1 is 0.848 bits per heavy atom.